The Kier molecular flexibility index (Phi) is 5.04. The molecule has 19 heavy (non-hydrogen) atoms. The SMILES string of the molecule is Cc1ccc(C)c(CC(CNC2CC2)CC(C)C)c1. The zero-order valence-corrected chi connectivity index (χ0v) is 13.0. The lowest BCUT2D eigenvalue weighted by Crippen LogP contribution is -2.27. The van der Waals surface area contributed by atoms with Crippen LogP contribution in [0.4, 0.5) is 0 Å². The molecule has 0 saturated heterocycles. The average Bonchev–Trinajstić information content (AvgIpc) is 3.14. The molecule has 0 radical (unpaired) electrons. The number of hydrogen-bond donors (Lipinski definition) is 1. The van der Waals surface area contributed by atoms with Crippen LogP contribution in [0.15, 0.2) is 18.2 Å². The van der Waals surface area contributed by atoms with Crippen molar-refractivity contribution in [3.63, 3.8) is 0 Å². The molecule has 1 aromatic rings. The lowest BCUT2D eigenvalue weighted by molar-refractivity contribution is 0.383. The second-order valence-corrected chi connectivity index (χ2v) is 6.81. The highest BCUT2D eigenvalue weighted by Crippen LogP contribution is 2.23. The van der Waals surface area contributed by atoms with Crippen molar-refractivity contribution in [1.29, 1.82) is 0 Å². The van der Waals surface area contributed by atoms with E-state index in [9.17, 15) is 0 Å². The van der Waals surface area contributed by atoms with Crippen LogP contribution in [0.25, 0.3) is 0 Å². The van der Waals surface area contributed by atoms with Crippen LogP contribution < -0.4 is 5.32 Å². The van der Waals surface area contributed by atoms with E-state index in [2.05, 4.69) is 51.2 Å². The van der Waals surface area contributed by atoms with Crippen molar-refractivity contribution in [3.8, 4) is 0 Å². The van der Waals surface area contributed by atoms with Gasteiger partial charge < -0.3 is 5.32 Å². The zero-order chi connectivity index (χ0) is 13.8. The highest BCUT2D eigenvalue weighted by Gasteiger charge is 2.22. The van der Waals surface area contributed by atoms with Gasteiger partial charge in [-0.05, 0) is 69.0 Å². The maximum atomic E-state index is 3.72. The standard InChI is InChI=1S/C18H29N/c1-13(2)9-16(12-19-18-7-8-18)11-17-10-14(3)5-6-15(17)4/h5-6,10,13,16,18-19H,7-9,11-12H2,1-4H3. The van der Waals surface area contributed by atoms with Gasteiger partial charge in [0.2, 0.25) is 0 Å². The molecule has 0 aliphatic heterocycles. The van der Waals surface area contributed by atoms with Gasteiger partial charge in [-0.25, -0.2) is 0 Å². The van der Waals surface area contributed by atoms with Gasteiger partial charge in [-0.15, -0.1) is 0 Å². The first kappa shape index (κ1) is 14.6. The molecule has 1 fully saturated rings. The summed E-state index contributed by atoms with van der Waals surface area (Å²) < 4.78 is 0. The summed E-state index contributed by atoms with van der Waals surface area (Å²) in [7, 11) is 0. The van der Waals surface area contributed by atoms with Gasteiger partial charge in [-0.1, -0.05) is 37.6 Å². The van der Waals surface area contributed by atoms with Gasteiger partial charge in [0.05, 0.1) is 0 Å². The van der Waals surface area contributed by atoms with Crippen molar-refractivity contribution in [3.05, 3.63) is 34.9 Å². The zero-order valence-electron chi connectivity index (χ0n) is 13.0. The first-order chi connectivity index (χ1) is 9.04. The molecule has 1 saturated carbocycles. The molecule has 0 heterocycles. The van der Waals surface area contributed by atoms with E-state index in [4.69, 9.17) is 0 Å². The fourth-order valence-electron chi connectivity index (χ4n) is 2.86. The van der Waals surface area contributed by atoms with Gasteiger partial charge >= 0.3 is 0 Å². The van der Waals surface area contributed by atoms with Crippen molar-refractivity contribution in [2.24, 2.45) is 11.8 Å². The van der Waals surface area contributed by atoms with E-state index >= 15 is 0 Å². The second kappa shape index (κ2) is 6.56. The molecule has 1 nitrogen and oxygen atoms in total. The molecule has 0 amide bonds. The Bertz CT molecular complexity index is 404. The second-order valence-electron chi connectivity index (χ2n) is 6.81. The van der Waals surface area contributed by atoms with E-state index < -0.39 is 0 Å². The molecule has 1 aliphatic rings. The fraction of sp³-hybridized carbons (Fsp3) is 0.667. The normalized spacial score (nSPS) is 16.9. The Hall–Kier alpha value is -0.820. The molecule has 1 N–H and O–H groups in total. The summed E-state index contributed by atoms with van der Waals surface area (Å²) >= 11 is 0. The summed E-state index contributed by atoms with van der Waals surface area (Å²) in [4.78, 5) is 0. The van der Waals surface area contributed by atoms with Crippen molar-refractivity contribution >= 4 is 0 Å². The summed E-state index contributed by atoms with van der Waals surface area (Å²) in [5.74, 6) is 1.57. The quantitative estimate of drug-likeness (QED) is 0.771. The first-order valence-corrected chi connectivity index (χ1v) is 7.84. The van der Waals surface area contributed by atoms with Crippen LogP contribution >= 0.6 is 0 Å². The highest BCUT2D eigenvalue weighted by atomic mass is 14.9. The molecule has 0 spiro atoms. The van der Waals surface area contributed by atoms with Crippen molar-refractivity contribution < 1.29 is 0 Å². The minimum absolute atomic E-state index is 0.779. The van der Waals surface area contributed by atoms with Crippen LogP contribution in [0.2, 0.25) is 0 Å². The topological polar surface area (TPSA) is 12.0 Å². The molecule has 1 atom stereocenters. The Morgan fingerprint density at radius 3 is 2.58 bits per heavy atom. The minimum Gasteiger partial charge on any atom is -0.314 e. The molecule has 1 aliphatic carbocycles. The molecule has 1 aromatic carbocycles. The third kappa shape index (κ3) is 4.99. The third-order valence-electron chi connectivity index (χ3n) is 4.09. The minimum atomic E-state index is 0.779. The van der Waals surface area contributed by atoms with Crippen LogP contribution in [0.1, 0.15) is 49.8 Å². The number of benzene rings is 1. The summed E-state index contributed by atoms with van der Waals surface area (Å²) in [6, 6.07) is 7.69. The predicted molar refractivity (Wildman–Crippen MR) is 83.6 cm³/mol. The molecule has 1 unspecified atom stereocenters. The van der Waals surface area contributed by atoms with Crippen LogP contribution in [0.5, 0.6) is 0 Å². The molecule has 2 rings (SSSR count). The van der Waals surface area contributed by atoms with E-state index in [0.29, 0.717) is 0 Å². The Morgan fingerprint density at radius 2 is 1.95 bits per heavy atom. The largest absolute Gasteiger partial charge is 0.314 e. The molecular weight excluding hydrogens is 230 g/mol. The number of hydrogen-bond acceptors (Lipinski definition) is 1. The lowest BCUT2D eigenvalue weighted by Gasteiger charge is -2.21. The number of aryl methyl sites for hydroxylation is 2. The van der Waals surface area contributed by atoms with Crippen LogP contribution in [-0.2, 0) is 6.42 Å². The van der Waals surface area contributed by atoms with E-state index in [1.165, 1.54) is 43.4 Å². The van der Waals surface area contributed by atoms with Crippen molar-refractivity contribution in [2.75, 3.05) is 6.54 Å². The molecule has 0 aromatic heterocycles. The van der Waals surface area contributed by atoms with Gasteiger partial charge in [-0.3, -0.25) is 0 Å². The number of rotatable bonds is 7. The van der Waals surface area contributed by atoms with Gasteiger partial charge in [-0.2, -0.15) is 0 Å². The summed E-state index contributed by atoms with van der Waals surface area (Å²) in [5, 5.41) is 3.72. The van der Waals surface area contributed by atoms with Crippen molar-refractivity contribution in [1.82, 2.24) is 5.32 Å². The van der Waals surface area contributed by atoms with Gasteiger partial charge in [0, 0.05) is 6.04 Å². The van der Waals surface area contributed by atoms with Crippen LogP contribution in [0, 0.1) is 25.7 Å². The Morgan fingerprint density at radius 1 is 1.21 bits per heavy atom. The fourth-order valence-corrected chi connectivity index (χ4v) is 2.86. The van der Waals surface area contributed by atoms with Crippen LogP contribution in [-0.4, -0.2) is 12.6 Å². The molecular formula is C18H29N. The van der Waals surface area contributed by atoms with E-state index in [1.54, 1.807) is 5.56 Å². The average molecular weight is 259 g/mol. The molecule has 0 bridgehead atoms. The summed E-state index contributed by atoms with van der Waals surface area (Å²) in [5.41, 5.74) is 4.38. The number of nitrogens with one attached hydrogen (secondary N) is 1. The smallest absolute Gasteiger partial charge is 0.00683 e. The van der Waals surface area contributed by atoms with Gasteiger partial charge in [0.15, 0.2) is 0 Å². The summed E-state index contributed by atoms with van der Waals surface area (Å²) in [6.45, 7) is 10.3. The third-order valence-corrected chi connectivity index (χ3v) is 4.09. The lowest BCUT2D eigenvalue weighted by atomic mass is 9.88. The highest BCUT2D eigenvalue weighted by molar-refractivity contribution is 5.30. The van der Waals surface area contributed by atoms with Gasteiger partial charge in [0.1, 0.15) is 0 Å². The Labute approximate surface area is 118 Å². The van der Waals surface area contributed by atoms with E-state index in [-0.39, 0.29) is 0 Å². The maximum absolute atomic E-state index is 3.72. The van der Waals surface area contributed by atoms with Crippen LogP contribution in [0.3, 0.4) is 0 Å². The van der Waals surface area contributed by atoms with Crippen molar-refractivity contribution in [2.45, 2.75) is 59.4 Å². The summed E-state index contributed by atoms with van der Waals surface area (Å²) in [6.07, 6.45) is 5.33. The van der Waals surface area contributed by atoms with E-state index in [1.807, 2.05) is 0 Å². The molecule has 106 valence electrons. The maximum Gasteiger partial charge on any atom is 0.00683 e. The van der Waals surface area contributed by atoms with E-state index in [0.717, 1.165) is 17.9 Å². The van der Waals surface area contributed by atoms with Gasteiger partial charge in [0.25, 0.3) is 0 Å². The Balaban J connectivity index is 1.97. The predicted octanol–water partition coefficient (Wildman–Crippen LogP) is 4.26. The molecule has 1 heteroatoms. The monoisotopic (exact) mass is 259 g/mol. The first-order valence-electron chi connectivity index (χ1n) is 7.84.